The van der Waals surface area contributed by atoms with E-state index >= 15 is 0 Å². The van der Waals surface area contributed by atoms with E-state index in [0.717, 1.165) is 37.9 Å². The highest BCUT2D eigenvalue weighted by atomic mass is 16.2. The number of hydrogen-bond acceptors (Lipinski definition) is 3. The first-order chi connectivity index (χ1) is 14.5. The van der Waals surface area contributed by atoms with Crippen LogP contribution in [0.3, 0.4) is 0 Å². The largest absolute Gasteiger partial charge is 0.342 e. The Morgan fingerprint density at radius 2 is 1.35 bits per heavy atom. The van der Waals surface area contributed by atoms with Gasteiger partial charge in [0.25, 0.3) is 0 Å². The second-order valence-electron chi connectivity index (χ2n) is 10.3. The van der Waals surface area contributed by atoms with Crippen molar-refractivity contribution in [3.8, 4) is 0 Å². The van der Waals surface area contributed by atoms with E-state index in [1.807, 2.05) is 46.6 Å². The van der Waals surface area contributed by atoms with Gasteiger partial charge in [0.05, 0.1) is 0 Å². The van der Waals surface area contributed by atoms with Crippen molar-refractivity contribution in [3.05, 3.63) is 12.2 Å². The number of amides is 1. The first-order valence-electron chi connectivity index (χ1n) is 12.9. The van der Waals surface area contributed by atoms with Crippen LogP contribution in [0.2, 0.25) is 0 Å². The van der Waals surface area contributed by atoms with Crippen LogP contribution in [0.1, 0.15) is 88.0 Å². The summed E-state index contributed by atoms with van der Waals surface area (Å²) in [7, 11) is 1.99. The molecule has 0 spiro atoms. The van der Waals surface area contributed by atoms with Crippen molar-refractivity contribution < 1.29 is 4.79 Å². The van der Waals surface area contributed by atoms with Crippen LogP contribution >= 0.6 is 0 Å². The summed E-state index contributed by atoms with van der Waals surface area (Å²) in [5.74, 6) is 1.84. The molecule has 2 aliphatic rings. The molecule has 0 atom stereocenters. The predicted molar refractivity (Wildman–Crippen MR) is 138 cm³/mol. The van der Waals surface area contributed by atoms with Gasteiger partial charge in [-0.05, 0) is 57.5 Å². The van der Waals surface area contributed by atoms with E-state index in [-0.39, 0.29) is 5.92 Å². The van der Waals surface area contributed by atoms with E-state index in [4.69, 9.17) is 0 Å². The number of carbonyl (C=O) groups is 1. The third kappa shape index (κ3) is 11.5. The van der Waals surface area contributed by atoms with E-state index in [1.165, 1.54) is 38.0 Å². The summed E-state index contributed by atoms with van der Waals surface area (Å²) < 4.78 is 0. The van der Waals surface area contributed by atoms with Gasteiger partial charge in [-0.1, -0.05) is 67.5 Å². The standard InChI is InChI=1S/C19H37N3O.C6H12.C2H6/c1-15(2)14-21-10-6-18(7-11-21)22-12-8-17(9-13-22)20(5)19(23)16(3)4;1-5(2)6(3)4;1-2/h15-18H,6-14H2,1-5H3;6H,1H2,2-4H3;1-2H3. The molecule has 0 aromatic heterocycles. The quantitative estimate of drug-likeness (QED) is 0.482. The number of hydrogen-bond donors (Lipinski definition) is 0. The maximum Gasteiger partial charge on any atom is 0.225 e. The molecule has 0 aromatic rings. The fourth-order valence-corrected chi connectivity index (χ4v) is 4.21. The molecule has 4 nitrogen and oxygen atoms in total. The highest BCUT2D eigenvalue weighted by Gasteiger charge is 2.31. The molecule has 2 saturated heterocycles. The van der Waals surface area contributed by atoms with Gasteiger partial charge in [-0.25, -0.2) is 0 Å². The maximum absolute atomic E-state index is 12.2. The molecule has 0 N–H and O–H groups in total. The van der Waals surface area contributed by atoms with Crippen molar-refractivity contribution in [2.45, 2.75) is 100 Å². The third-order valence-corrected chi connectivity index (χ3v) is 6.57. The Labute approximate surface area is 195 Å². The lowest BCUT2D eigenvalue weighted by atomic mass is 9.96. The molecule has 1 amide bonds. The Morgan fingerprint density at radius 1 is 0.903 bits per heavy atom. The number of carbonyl (C=O) groups excluding carboxylic acids is 1. The minimum absolute atomic E-state index is 0.114. The molecule has 2 fully saturated rings. The molecule has 2 aliphatic heterocycles. The monoisotopic (exact) mass is 437 g/mol. The molecular weight excluding hydrogens is 382 g/mol. The molecule has 0 aromatic carbocycles. The minimum atomic E-state index is 0.114. The Balaban J connectivity index is 0.000000970. The van der Waals surface area contributed by atoms with Gasteiger partial charge in [0.1, 0.15) is 0 Å². The van der Waals surface area contributed by atoms with Crippen molar-refractivity contribution in [1.82, 2.24) is 14.7 Å². The number of likely N-dealkylation sites (tertiary alicyclic amines) is 2. The van der Waals surface area contributed by atoms with Crippen LogP contribution < -0.4 is 0 Å². The molecule has 2 heterocycles. The van der Waals surface area contributed by atoms with Gasteiger partial charge in [0.2, 0.25) is 5.91 Å². The van der Waals surface area contributed by atoms with Gasteiger partial charge in [-0.2, -0.15) is 0 Å². The van der Waals surface area contributed by atoms with Crippen molar-refractivity contribution >= 4 is 5.91 Å². The average molecular weight is 438 g/mol. The normalized spacial score (nSPS) is 19.0. The van der Waals surface area contributed by atoms with E-state index in [0.29, 0.717) is 17.9 Å². The lowest BCUT2D eigenvalue weighted by Crippen LogP contribution is -2.52. The van der Waals surface area contributed by atoms with Crippen LogP contribution in [0.4, 0.5) is 0 Å². The van der Waals surface area contributed by atoms with E-state index in [1.54, 1.807) is 0 Å². The molecule has 0 unspecified atom stereocenters. The second kappa shape index (κ2) is 15.9. The summed E-state index contributed by atoms with van der Waals surface area (Å²) in [4.78, 5) is 19.5. The summed E-state index contributed by atoms with van der Waals surface area (Å²) >= 11 is 0. The zero-order valence-electron chi connectivity index (χ0n) is 22.7. The molecule has 0 radical (unpaired) electrons. The summed E-state index contributed by atoms with van der Waals surface area (Å²) in [5, 5.41) is 0. The Hall–Kier alpha value is -0.870. The van der Waals surface area contributed by atoms with Crippen LogP contribution in [-0.4, -0.2) is 72.5 Å². The lowest BCUT2D eigenvalue weighted by molar-refractivity contribution is -0.136. The van der Waals surface area contributed by atoms with Crippen LogP contribution in [-0.2, 0) is 4.79 Å². The molecular formula is C27H55N3O. The average Bonchev–Trinajstić information content (AvgIpc) is 2.74. The first kappa shape index (κ1) is 30.1. The lowest BCUT2D eigenvalue weighted by Gasteiger charge is -2.43. The fourth-order valence-electron chi connectivity index (χ4n) is 4.21. The molecule has 4 heteroatoms. The topological polar surface area (TPSA) is 26.8 Å². The number of piperidine rings is 2. The first-order valence-corrected chi connectivity index (χ1v) is 12.9. The fraction of sp³-hybridized carbons (Fsp3) is 0.889. The molecule has 184 valence electrons. The van der Waals surface area contributed by atoms with Gasteiger partial charge in [-0.15, -0.1) is 0 Å². The Kier molecular flexibility index (Phi) is 15.4. The zero-order valence-corrected chi connectivity index (χ0v) is 22.7. The zero-order chi connectivity index (χ0) is 24.1. The minimum Gasteiger partial charge on any atom is -0.342 e. The predicted octanol–water partition coefficient (Wildman–Crippen LogP) is 5.93. The van der Waals surface area contributed by atoms with Gasteiger partial charge in [0, 0.05) is 44.7 Å². The van der Waals surface area contributed by atoms with Gasteiger partial charge in [0.15, 0.2) is 0 Å². The van der Waals surface area contributed by atoms with Crippen LogP contribution in [0.15, 0.2) is 12.2 Å². The van der Waals surface area contributed by atoms with Gasteiger partial charge < -0.3 is 14.7 Å². The SMILES string of the molecule is C=C(C)C(C)C.CC.CC(C)CN1CCC(N2CCC(N(C)C(=O)C(C)C)CC2)CC1. The van der Waals surface area contributed by atoms with Crippen molar-refractivity contribution in [2.24, 2.45) is 17.8 Å². The van der Waals surface area contributed by atoms with E-state index in [9.17, 15) is 4.79 Å². The molecule has 0 saturated carbocycles. The number of allylic oxidation sites excluding steroid dienone is 1. The van der Waals surface area contributed by atoms with Crippen molar-refractivity contribution in [3.63, 3.8) is 0 Å². The van der Waals surface area contributed by atoms with Crippen molar-refractivity contribution in [1.29, 1.82) is 0 Å². The molecule has 0 bridgehead atoms. The maximum atomic E-state index is 12.2. The van der Waals surface area contributed by atoms with Crippen LogP contribution in [0, 0.1) is 17.8 Å². The second-order valence-corrected chi connectivity index (χ2v) is 10.3. The highest BCUT2D eigenvalue weighted by Crippen LogP contribution is 2.24. The third-order valence-electron chi connectivity index (χ3n) is 6.57. The highest BCUT2D eigenvalue weighted by molar-refractivity contribution is 5.78. The summed E-state index contributed by atoms with van der Waals surface area (Å²) in [5.41, 5.74) is 1.26. The Morgan fingerprint density at radius 3 is 1.71 bits per heavy atom. The van der Waals surface area contributed by atoms with E-state index < -0.39 is 0 Å². The number of rotatable bonds is 6. The van der Waals surface area contributed by atoms with Gasteiger partial charge in [-0.3, -0.25) is 4.79 Å². The van der Waals surface area contributed by atoms with Crippen LogP contribution in [0.25, 0.3) is 0 Å². The van der Waals surface area contributed by atoms with E-state index in [2.05, 4.69) is 44.1 Å². The van der Waals surface area contributed by atoms with Crippen LogP contribution in [0.5, 0.6) is 0 Å². The molecule has 2 rings (SSSR count). The van der Waals surface area contributed by atoms with Gasteiger partial charge >= 0.3 is 0 Å². The van der Waals surface area contributed by atoms with Crippen molar-refractivity contribution in [2.75, 3.05) is 39.8 Å². The summed E-state index contributed by atoms with van der Waals surface area (Å²) in [6.07, 6.45) is 4.92. The summed E-state index contributed by atoms with van der Waals surface area (Å²) in [6, 6.07) is 1.22. The number of nitrogens with zero attached hydrogens (tertiary/aromatic N) is 3. The smallest absolute Gasteiger partial charge is 0.225 e. The molecule has 0 aliphatic carbocycles. The summed E-state index contributed by atoms with van der Waals surface area (Å²) in [6.45, 7) is 28.8. The Bertz CT molecular complexity index is 485. The molecule has 31 heavy (non-hydrogen) atoms.